The molecule has 0 aromatic carbocycles. The van der Waals surface area contributed by atoms with Gasteiger partial charge in [-0.15, -0.1) is 0 Å². The first-order valence-electron chi connectivity index (χ1n) is 4.78. The summed E-state index contributed by atoms with van der Waals surface area (Å²) in [6.07, 6.45) is 2.53. The van der Waals surface area contributed by atoms with Crippen LogP contribution in [0.5, 0.6) is 0 Å². The van der Waals surface area contributed by atoms with Gasteiger partial charge in [-0.1, -0.05) is 0 Å². The van der Waals surface area contributed by atoms with Gasteiger partial charge < -0.3 is 15.4 Å². The van der Waals surface area contributed by atoms with Crippen molar-refractivity contribution in [2.75, 3.05) is 39.9 Å². The van der Waals surface area contributed by atoms with Gasteiger partial charge in [0.05, 0.1) is 6.61 Å². The van der Waals surface area contributed by atoms with Crippen LogP contribution < -0.4 is 5.73 Å². The summed E-state index contributed by atoms with van der Waals surface area (Å²) < 4.78 is 5.03. The molecule has 2 N–H and O–H groups in total. The summed E-state index contributed by atoms with van der Waals surface area (Å²) in [6, 6.07) is 0. The average molecular weight is 172 g/mol. The number of likely N-dealkylation sites (tertiary alicyclic amines) is 1. The Morgan fingerprint density at radius 1 is 1.42 bits per heavy atom. The van der Waals surface area contributed by atoms with Gasteiger partial charge in [-0.05, 0) is 38.4 Å². The molecule has 0 bridgehead atoms. The molecule has 1 fully saturated rings. The number of ether oxygens (including phenoxy) is 1. The van der Waals surface area contributed by atoms with E-state index in [1.165, 1.54) is 25.9 Å². The van der Waals surface area contributed by atoms with Gasteiger partial charge in [-0.2, -0.15) is 0 Å². The van der Waals surface area contributed by atoms with Crippen LogP contribution in [0.3, 0.4) is 0 Å². The van der Waals surface area contributed by atoms with Gasteiger partial charge in [0.25, 0.3) is 0 Å². The second-order valence-electron chi connectivity index (χ2n) is 3.51. The fourth-order valence-electron chi connectivity index (χ4n) is 1.67. The molecular formula is C9H20N2O. The molecule has 0 saturated carbocycles. The molecule has 0 aliphatic carbocycles. The van der Waals surface area contributed by atoms with Crippen LogP contribution in [-0.2, 0) is 4.74 Å². The lowest BCUT2D eigenvalue weighted by Gasteiger charge is -2.30. The molecule has 12 heavy (non-hydrogen) atoms. The Balaban J connectivity index is 2.09. The molecule has 0 atom stereocenters. The van der Waals surface area contributed by atoms with Crippen molar-refractivity contribution in [3.8, 4) is 0 Å². The number of nitrogens with zero attached hydrogens (tertiary/aromatic N) is 1. The second-order valence-corrected chi connectivity index (χ2v) is 3.51. The SMILES string of the molecule is COCCN1CCC(CN)CC1. The molecule has 3 heteroatoms. The molecule has 0 aromatic rings. The van der Waals surface area contributed by atoms with Crippen molar-refractivity contribution in [1.82, 2.24) is 4.90 Å². The van der Waals surface area contributed by atoms with Crippen LogP contribution in [0.25, 0.3) is 0 Å². The normalized spacial score (nSPS) is 21.5. The Morgan fingerprint density at radius 3 is 2.58 bits per heavy atom. The van der Waals surface area contributed by atoms with E-state index >= 15 is 0 Å². The number of hydrogen-bond donors (Lipinski definition) is 1. The largest absolute Gasteiger partial charge is 0.383 e. The number of piperidine rings is 1. The minimum Gasteiger partial charge on any atom is -0.383 e. The molecule has 1 aliphatic heterocycles. The highest BCUT2D eigenvalue weighted by Gasteiger charge is 2.16. The zero-order chi connectivity index (χ0) is 8.81. The summed E-state index contributed by atoms with van der Waals surface area (Å²) >= 11 is 0. The molecule has 0 unspecified atom stereocenters. The zero-order valence-electron chi connectivity index (χ0n) is 7.96. The van der Waals surface area contributed by atoms with Crippen molar-refractivity contribution >= 4 is 0 Å². The van der Waals surface area contributed by atoms with E-state index in [-0.39, 0.29) is 0 Å². The van der Waals surface area contributed by atoms with Gasteiger partial charge in [0.1, 0.15) is 0 Å². The van der Waals surface area contributed by atoms with E-state index in [0.29, 0.717) is 0 Å². The van der Waals surface area contributed by atoms with Crippen molar-refractivity contribution in [3.05, 3.63) is 0 Å². The van der Waals surface area contributed by atoms with Crippen LogP contribution in [0, 0.1) is 5.92 Å². The highest BCUT2D eigenvalue weighted by molar-refractivity contribution is 4.72. The standard InChI is InChI=1S/C9H20N2O/c1-12-7-6-11-4-2-9(8-10)3-5-11/h9H,2-8,10H2,1H3. The molecular weight excluding hydrogens is 152 g/mol. The minimum atomic E-state index is 0.767. The molecule has 0 amide bonds. The van der Waals surface area contributed by atoms with E-state index in [9.17, 15) is 0 Å². The maximum atomic E-state index is 5.61. The molecule has 3 nitrogen and oxygen atoms in total. The number of rotatable bonds is 4. The average Bonchev–Trinajstić information content (AvgIpc) is 2.15. The Bertz CT molecular complexity index is 111. The van der Waals surface area contributed by atoms with Crippen LogP contribution in [0.15, 0.2) is 0 Å². The molecule has 1 rings (SSSR count). The maximum absolute atomic E-state index is 5.61. The highest BCUT2D eigenvalue weighted by atomic mass is 16.5. The van der Waals surface area contributed by atoms with Gasteiger partial charge in [-0.3, -0.25) is 0 Å². The fraction of sp³-hybridized carbons (Fsp3) is 1.00. The molecule has 0 spiro atoms. The Kier molecular flexibility index (Phi) is 4.58. The topological polar surface area (TPSA) is 38.5 Å². The lowest BCUT2D eigenvalue weighted by molar-refractivity contribution is 0.121. The zero-order valence-corrected chi connectivity index (χ0v) is 7.96. The molecule has 0 radical (unpaired) electrons. The molecule has 1 saturated heterocycles. The second kappa shape index (κ2) is 5.51. The molecule has 0 aromatic heterocycles. The molecule has 1 heterocycles. The van der Waals surface area contributed by atoms with Gasteiger partial charge in [0.2, 0.25) is 0 Å². The van der Waals surface area contributed by atoms with E-state index in [1.54, 1.807) is 7.11 Å². The summed E-state index contributed by atoms with van der Waals surface area (Å²) in [5.41, 5.74) is 5.61. The van der Waals surface area contributed by atoms with Gasteiger partial charge in [-0.25, -0.2) is 0 Å². The van der Waals surface area contributed by atoms with E-state index in [1.807, 2.05) is 0 Å². The van der Waals surface area contributed by atoms with E-state index in [2.05, 4.69) is 4.90 Å². The van der Waals surface area contributed by atoms with Crippen LogP contribution in [0.1, 0.15) is 12.8 Å². The van der Waals surface area contributed by atoms with Crippen LogP contribution in [-0.4, -0.2) is 44.8 Å². The Morgan fingerprint density at radius 2 is 2.08 bits per heavy atom. The van der Waals surface area contributed by atoms with Crippen molar-refractivity contribution in [1.29, 1.82) is 0 Å². The first-order valence-corrected chi connectivity index (χ1v) is 4.78. The first-order chi connectivity index (χ1) is 5.86. The van der Waals surface area contributed by atoms with E-state index in [0.717, 1.165) is 25.6 Å². The third kappa shape index (κ3) is 3.09. The summed E-state index contributed by atoms with van der Waals surface area (Å²) in [7, 11) is 1.76. The van der Waals surface area contributed by atoms with E-state index in [4.69, 9.17) is 10.5 Å². The lowest BCUT2D eigenvalue weighted by Crippen LogP contribution is -2.37. The third-order valence-electron chi connectivity index (χ3n) is 2.65. The van der Waals surface area contributed by atoms with Crippen molar-refractivity contribution in [2.24, 2.45) is 11.7 Å². The van der Waals surface area contributed by atoms with Gasteiger partial charge >= 0.3 is 0 Å². The smallest absolute Gasteiger partial charge is 0.0589 e. The highest BCUT2D eigenvalue weighted by Crippen LogP contribution is 2.14. The number of methoxy groups -OCH3 is 1. The summed E-state index contributed by atoms with van der Waals surface area (Å²) in [4.78, 5) is 2.45. The summed E-state index contributed by atoms with van der Waals surface area (Å²) in [6.45, 7) is 5.19. The monoisotopic (exact) mass is 172 g/mol. The van der Waals surface area contributed by atoms with Crippen molar-refractivity contribution in [3.63, 3.8) is 0 Å². The van der Waals surface area contributed by atoms with Crippen molar-refractivity contribution in [2.45, 2.75) is 12.8 Å². The predicted octanol–water partition coefficient (Wildman–Crippen LogP) is 0.304. The number of nitrogens with two attached hydrogens (primary N) is 1. The van der Waals surface area contributed by atoms with Crippen LogP contribution in [0.4, 0.5) is 0 Å². The van der Waals surface area contributed by atoms with Gasteiger partial charge in [0, 0.05) is 13.7 Å². The van der Waals surface area contributed by atoms with E-state index < -0.39 is 0 Å². The summed E-state index contributed by atoms with van der Waals surface area (Å²) in [5.74, 6) is 0.767. The number of hydrogen-bond acceptors (Lipinski definition) is 3. The minimum absolute atomic E-state index is 0.767. The first kappa shape index (κ1) is 9.96. The Hall–Kier alpha value is -0.120. The van der Waals surface area contributed by atoms with Crippen LogP contribution >= 0.6 is 0 Å². The predicted molar refractivity (Wildman–Crippen MR) is 50.1 cm³/mol. The van der Waals surface area contributed by atoms with Crippen molar-refractivity contribution < 1.29 is 4.74 Å². The van der Waals surface area contributed by atoms with Gasteiger partial charge in [0.15, 0.2) is 0 Å². The quantitative estimate of drug-likeness (QED) is 0.663. The fourth-order valence-corrected chi connectivity index (χ4v) is 1.67. The third-order valence-corrected chi connectivity index (χ3v) is 2.65. The molecule has 1 aliphatic rings. The lowest BCUT2D eigenvalue weighted by atomic mass is 9.97. The molecule has 72 valence electrons. The maximum Gasteiger partial charge on any atom is 0.0589 e. The Labute approximate surface area is 74.9 Å². The summed E-state index contributed by atoms with van der Waals surface area (Å²) in [5, 5.41) is 0. The van der Waals surface area contributed by atoms with Crippen LogP contribution in [0.2, 0.25) is 0 Å².